The number of hydrogen-bond donors (Lipinski definition) is 0. The molecule has 0 saturated carbocycles. The molecule has 0 saturated heterocycles. The van der Waals surface area contributed by atoms with Crippen molar-refractivity contribution in [2.75, 3.05) is 0 Å². The van der Waals surface area contributed by atoms with Crippen LogP contribution in [0.15, 0.2) is 71.6 Å². The standard InChI is InChI=1S/C19H15ClO4S/c1-13(19(21)15-9-11-16(20)12-10-15)24-25(22,23)18-8-4-6-14-5-2-3-7-17(14)18/h2-13H,1H3/t13-/m1/s1. The molecule has 3 aromatic carbocycles. The van der Waals surface area contributed by atoms with Crippen LogP contribution in [0.25, 0.3) is 10.8 Å². The first-order chi connectivity index (χ1) is 11.9. The lowest BCUT2D eigenvalue weighted by Gasteiger charge is -2.13. The summed E-state index contributed by atoms with van der Waals surface area (Å²) in [5.74, 6) is -0.430. The van der Waals surface area contributed by atoms with Gasteiger partial charge in [0.25, 0.3) is 10.1 Å². The summed E-state index contributed by atoms with van der Waals surface area (Å²) in [6, 6.07) is 18.2. The van der Waals surface area contributed by atoms with Crippen LogP contribution in [0.3, 0.4) is 0 Å². The molecule has 0 aliphatic heterocycles. The van der Waals surface area contributed by atoms with Crippen molar-refractivity contribution in [2.24, 2.45) is 0 Å². The smallest absolute Gasteiger partial charge is 0.291 e. The molecule has 0 radical (unpaired) electrons. The van der Waals surface area contributed by atoms with Gasteiger partial charge in [0.05, 0.1) is 0 Å². The summed E-state index contributed by atoms with van der Waals surface area (Å²) >= 11 is 5.80. The number of Topliss-reactive ketones (excluding diaryl/α,β-unsaturated/α-hetero) is 1. The van der Waals surface area contributed by atoms with Crippen LogP contribution in [0.4, 0.5) is 0 Å². The number of fused-ring (bicyclic) bond motifs is 1. The minimum atomic E-state index is -4.09. The molecule has 1 atom stereocenters. The van der Waals surface area contributed by atoms with Gasteiger partial charge in [0, 0.05) is 16.0 Å². The monoisotopic (exact) mass is 374 g/mol. The first kappa shape index (κ1) is 17.6. The molecule has 0 bridgehead atoms. The van der Waals surface area contributed by atoms with Crippen LogP contribution >= 0.6 is 11.6 Å². The first-order valence-electron chi connectivity index (χ1n) is 7.59. The molecule has 25 heavy (non-hydrogen) atoms. The van der Waals surface area contributed by atoms with Gasteiger partial charge in [-0.25, -0.2) is 0 Å². The Morgan fingerprint density at radius 2 is 1.60 bits per heavy atom. The Morgan fingerprint density at radius 3 is 2.32 bits per heavy atom. The summed E-state index contributed by atoms with van der Waals surface area (Å²) < 4.78 is 30.5. The fraction of sp³-hybridized carbons (Fsp3) is 0.105. The molecule has 4 nitrogen and oxygen atoms in total. The van der Waals surface area contributed by atoms with Crippen molar-refractivity contribution in [1.82, 2.24) is 0 Å². The Kier molecular flexibility index (Phi) is 4.90. The van der Waals surface area contributed by atoms with Crippen LogP contribution in [0.2, 0.25) is 5.02 Å². The zero-order valence-electron chi connectivity index (χ0n) is 13.3. The summed E-state index contributed by atoms with van der Waals surface area (Å²) in [7, 11) is -4.09. The molecular formula is C19H15ClO4S. The van der Waals surface area contributed by atoms with Crippen LogP contribution in [0.1, 0.15) is 17.3 Å². The number of benzene rings is 3. The molecular weight excluding hydrogens is 360 g/mol. The summed E-state index contributed by atoms with van der Waals surface area (Å²) in [6.07, 6.45) is -1.15. The van der Waals surface area contributed by atoms with Crippen molar-refractivity contribution in [2.45, 2.75) is 17.9 Å². The molecule has 0 aliphatic rings. The maximum Gasteiger partial charge on any atom is 0.298 e. The zero-order valence-corrected chi connectivity index (χ0v) is 14.9. The van der Waals surface area contributed by atoms with Gasteiger partial charge in [-0.15, -0.1) is 0 Å². The average molecular weight is 375 g/mol. The lowest BCUT2D eigenvalue weighted by molar-refractivity contribution is 0.0826. The number of ketones is 1. The molecule has 0 aromatic heterocycles. The van der Waals surface area contributed by atoms with Gasteiger partial charge in [-0.05, 0) is 42.6 Å². The Labute approximate surface area is 151 Å². The van der Waals surface area contributed by atoms with Gasteiger partial charge >= 0.3 is 0 Å². The Morgan fingerprint density at radius 1 is 0.960 bits per heavy atom. The van der Waals surface area contributed by atoms with Crippen molar-refractivity contribution in [3.63, 3.8) is 0 Å². The number of carbonyl (C=O) groups is 1. The maximum atomic E-state index is 12.7. The third-order valence-corrected chi connectivity index (χ3v) is 5.48. The van der Waals surface area contributed by atoms with Gasteiger partial charge in [0.15, 0.2) is 5.78 Å². The molecule has 0 fully saturated rings. The van der Waals surface area contributed by atoms with E-state index in [0.29, 0.717) is 16.0 Å². The quantitative estimate of drug-likeness (QED) is 0.488. The molecule has 3 rings (SSSR count). The van der Waals surface area contributed by atoms with Crippen LogP contribution in [-0.4, -0.2) is 20.3 Å². The number of halogens is 1. The number of hydrogen-bond acceptors (Lipinski definition) is 4. The highest BCUT2D eigenvalue weighted by Crippen LogP contribution is 2.25. The summed E-state index contributed by atoms with van der Waals surface area (Å²) in [5.41, 5.74) is 0.338. The van der Waals surface area contributed by atoms with Crippen molar-refractivity contribution in [3.8, 4) is 0 Å². The molecule has 0 spiro atoms. The van der Waals surface area contributed by atoms with Gasteiger partial charge in [-0.1, -0.05) is 48.0 Å². The normalized spacial score (nSPS) is 12.9. The summed E-state index contributed by atoms with van der Waals surface area (Å²) in [6.45, 7) is 1.42. The number of carbonyl (C=O) groups excluding carboxylic acids is 1. The highest BCUT2D eigenvalue weighted by Gasteiger charge is 2.26. The molecule has 6 heteroatoms. The van der Waals surface area contributed by atoms with Gasteiger partial charge in [-0.3, -0.25) is 8.98 Å². The lowest BCUT2D eigenvalue weighted by atomic mass is 10.1. The second-order valence-corrected chi connectivity index (χ2v) is 7.52. The van der Waals surface area contributed by atoms with Crippen LogP contribution in [0.5, 0.6) is 0 Å². The highest BCUT2D eigenvalue weighted by atomic mass is 35.5. The van der Waals surface area contributed by atoms with E-state index in [1.165, 1.54) is 25.1 Å². The molecule has 0 amide bonds. The van der Waals surface area contributed by atoms with Crippen LogP contribution in [0, 0.1) is 0 Å². The van der Waals surface area contributed by atoms with Gasteiger partial charge in [-0.2, -0.15) is 8.42 Å². The largest absolute Gasteiger partial charge is 0.298 e. The first-order valence-corrected chi connectivity index (χ1v) is 9.38. The van der Waals surface area contributed by atoms with E-state index in [9.17, 15) is 13.2 Å². The Balaban J connectivity index is 1.90. The van der Waals surface area contributed by atoms with E-state index in [1.54, 1.807) is 30.3 Å². The zero-order chi connectivity index (χ0) is 18.0. The van der Waals surface area contributed by atoms with Crippen molar-refractivity contribution < 1.29 is 17.4 Å². The van der Waals surface area contributed by atoms with Gasteiger partial charge in [0.2, 0.25) is 0 Å². The Bertz CT molecular complexity index is 1020. The van der Waals surface area contributed by atoms with E-state index < -0.39 is 22.0 Å². The third kappa shape index (κ3) is 3.74. The van der Waals surface area contributed by atoms with E-state index in [4.69, 9.17) is 15.8 Å². The predicted octanol–water partition coefficient (Wildman–Crippen LogP) is 4.47. The maximum absolute atomic E-state index is 12.7. The van der Waals surface area contributed by atoms with Crippen LogP contribution in [-0.2, 0) is 14.3 Å². The minimum Gasteiger partial charge on any atom is -0.291 e. The second kappa shape index (κ2) is 6.96. The molecule has 0 aliphatic carbocycles. The molecule has 0 N–H and O–H groups in total. The van der Waals surface area contributed by atoms with E-state index >= 15 is 0 Å². The van der Waals surface area contributed by atoms with Gasteiger partial charge in [0.1, 0.15) is 11.0 Å². The molecule has 0 heterocycles. The highest BCUT2D eigenvalue weighted by molar-refractivity contribution is 7.87. The van der Waals surface area contributed by atoms with Crippen LogP contribution < -0.4 is 0 Å². The topological polar surface area (TPSA) is 60.4 Å². The molecule has 0 unspecified atom stereocenters. The summed E-state index contributed by atoms with van der Waals surface area (Å²) in [5, 5.41) is 1.83. The SMILES string of the molecule is C[C@@H](OS(=O)(=O)c1cccc2ccccc12)C(=O)c1ccc(Cl)cc1. The molecule has 128 valence electrons. The fourth-order valence-electron chi connectivity index (χ4n) is 2.55. The Hall–Kier alpha value is -2.21. The van der Waals surface area contributed by atoms with E-state index in [-0.39, 0.29) is 4.90 Å². The lowest BCUT2D eigenvalue weighted by Crippen LogP contribution is -2.24. The average Bonchev–Trinajstić information content (AvgIpc) is 2.61. The van der Waals surface area contributed by atoms with E-state index in [1.807, 2.05) is 18.2 Å². The van der Waals surface area contributed by atoms with E-state index in [0.717, 1.165) is 5.39 Å². The van der Waals surface area contributed by atoms with Crippen molar-refractivity contribution in [3.05, 3.63) is 77.3 Å². The number of rotatable bonds is 5. The minimum absolute atomic E-state index is 0.0429. The second-order valence-electron chi connectivity index (χ2n) is 5.54. The molecule has 3 aromatic rings. The third-order valence-electron chi connectivity index (χ3n) is 3.79. The van der Waals surface area contributed by atoms with E-state index in [2.05, 4.69) is 0 Å². The van der Waals surface area contributed by atoms with Crippen molar-refractivity contribution in [1.29, 1.82) is 0 Å². The fourth-order valence-corrected chi connectivity index (χ4v) is 3.95. The van der Waals surface area contributed by atoms with Gasteiger partial charge < -0.3 is 0 Å². The predicted molar refractivity (Wildman–Crippen MR) is 97.5 cm³/mol. The van der Waals surface area contributed by atoms with Crippen molar-refractivity contribution >= 4 is 38.3 Å². The summed E-state index contributed by atoms with van der Waals surface area (Å²) in [4.78, 5) is 12.4.